The van der Waals surface area contributed by atoms with Crippen molar-refractivity contribution in [2.24, 2.45) is 0 Å². The van der Waals surface area contributed by atoms with Crippen LogP contribution in [0.5, 0.6) is 5.75 Å². The predicted molar refractivity (Wildman–Crippen MR) is 138 cm³/mol. The van der Waals surface area contributed by atoms with E-state index in [1.165, 1.54) is 0 Å². The van der Waals surface area contributed by atoms with E-state index < -0.39 is 23.8 Å². The van der Waals surface area contributed by atoms with E-state index in [0.29, 0.717) is 41.5 Å². The molecule has 7 heteroatoms. The zero-order valence-corrected chi connectivity index (χ0v) is 20.3. The summed E-state index contributed by atoms with van der Waals surface area (Å²) in [5.74, 6) is 0.161. The molecule has 5 rings (SSSR count). The molecule has 0 aliphatic heterocycles. The Morgan fingerprint density at radius 2 is 1.57 bits per heavy atom. The van der Waals surface area contributed by atoms with Gasteiger partial charge in [0.2, 0.25) is 0 Å². The van der Waals surface area contributed by atoms with Crippen molar-refractivity contribution >= 4 is 5.97 Å². The minimum Gasteiger partial charge on any atom is -0.482 e. The summed E-state index contributed by atoms with van der Waals surface area (Å²) in [4.78, 5) is 15.7. The van der Waals surface area contributed by atoms with Gasteiger partial charge in [-0.15, -0.1) is 0 Å². The van der Waals surface area contributed by atoms with Crippen LogP contribution in [0.4, 0.5) is 0 Å². The quantitative estimate of drug-likeness (QED) is 0.305. The van der Waals surface area contributed by atoms with Gasteiger partial charge in [0.25, 0.3) is 0 Å². The molecule has 1 aromatic heterocycles. The van der Waals surface area contributed by atoms with Crippen molar-refractivity contribution in [3.63, 3.8) is 0 Å². The summed E-state index contributed by atoms with van der Waals surface area (Å²) in [5.41, 5.74) is -0.240. The van der Waals surface area contributed by atoms with E-state index in [1.807, 2.05) is 60.7 Å². The van der Waals surface area contributed by atoms with Crippen LogP contribution in [0.25, 0.3) is 22.6 Å². The molecule has 190 valence electrons. The van der Waals surface area contributed by atoms with E-state index in [0.717, 1.165) is 24.0 Å². The van der Waals surface area contributed by atoms with Crippen LogP contribution in [0, 0.1) is 0 Å². The molecule has 1 saturated carbocycles. The third-order valence-corrected chi connectivity index (χ3v) is 7.02. The standard InChI is InChI=1S/C30H29NO6/c32-26(33)20-36-24-15-9-14-23(18-24)30(35)17-8-7-16-29(30,34)19-25-31-27(21-10-3-1-4-11-21)28(37-25)22-12-5-2-6-13-22/h1-6,9-15,18,34-35H,7-8,16-17,19-20H2,(H,32,33). The predicted octanol–water partition coefficient (Wildman–Crippen LogP) is 5.21. The lowest BCUT2D eigenvalue weighted by Crippen LogP contribution is -2.55. The third-order valence-electron chi connectivity index (χ3n) is 7.02. The molecular weight excluding hydrogens is 470 g/mol. The average molecular weight is 500 g/mol. The average Bonchev–Trinajstić information content (AvgIpc) is 3.34. The number of benzene rings is 3. The van der Waals surface area contributed by atoms with Crippen molar-refractivity contribution in [2.45, 2.75) is 43.3 Å². The summed E-state index contributed by atoms with van der Waals surface area (Å²) in [7, 11) is 0. The number of carboxylic acid groups (broad SMARTS) is 1. The Hall–Kier alpha value is -3.94. The van der Waals surface area contributed by atoms with Gasteiger partial charge in [0, 0.05) is 11.1 Å². The van der Waals surface area contributed by atoms with Crippen LogP contribution in [0.3, 0.4) is 0 Å². The molecule has 1 aliphatic rings. The number of rotatable bonds is 8. The number of aliphatic carboxylic acids is 1. The second-order valence-electron chi connectivity index (χ2n) is 9.50. The smallest absolute Gasteiger partial charge is 0.341 e. The van der Waals surface area contributed by atoms with Gasteiger partial charge in [-0.1, -0.05) is 85.6 Å². The highest BCUT2D eigenvalue weighted by atomic mass is 16.5. The summed E-state index contributed by atoms with van der Waals surface area (Å²) in [6, 6.07) is 26.1. The highest BCUT2D eigenvalue weighted by molar-refractivity contribution is 5.76. The van der Waals surface area contributed by atoms with Crippen LogP contribution in [0.1, 0.15) is 37.1 Å². The number of aliphatic hydroxyl groups is 2. The Morgan fingerprint density at radius 3 is 2.27 bits per heavy atom. The number of carbonyl (C=O) groups is 1. The first-order valence-electron chi connectivity index (χ1n) is 12.4. The fourth-order valence-corrected chi connectivity index (χ4v) is 5.14. The molecule has 37 heavy (non-hydrogen) atoms. The van der Waals surface area contributed by atoms with Crippen molar-refractivity contribution < 1.29 is 29.3 Å². The van der Waals surface area contributed by atoms with Gasteiger partial charge in [-0.3, -0.25) is 0 Å². The molecular formula is C30H29NO6. The molecule has 1 fully saturated rings. The van der Waals surface area contributed by atoms with Crippen LogP contribution >= 0.6 is 0 Å². The number of ether oxygens (including phenoxy) is 1. The Bertz CT molecular complexity index is 1310. The van der Waals surface area contributed by atoms with E-state index in [-0.39, 0.29) is 6.42 Å². The minimum absolute atomic E-state index is 0.0103. The van der Waals surface area contributed by atoms with Crippen LogP contribution in [0.2, 0.25) is 0 Å². The number of nitrogens with zero attached hydrogens (tertiary/aromatic N) is 1. The fourth-order valence-electron chi connectivity index (χ4n) is 5.14. The molecule has 7 nitrogen and oxygen atoms in total. The summed E-state index contributed by atoms with van der Waals surface area (Å²) >= 11 is 0. The molecule has 0 radical (unpaired) electrons. The molecule has 3 aromatic carbocycles. The lowest BCUT2D eigenvalue weighted by atomic mass is 9.66. The molecule has 2 unspecified atom stereocenters. The first kappa shape index (κ1) is 24.7. The maximum Gasteiger partial charge on any atom is 0.341 e. The number of hydrogen-bond donors (Lipinski definition) is 3. The van der Waals surface area contributed by atoms with Crippen LogP contribution in [0.15, 0.2) is 89.3 Å². The molecule has 1 aliphatic carbocycles. The summed E-state index contributed by atoms with van der Waals surface area (Å²) < 4.78 is 11.6. The number of carboxylic acids is 1. The van der Waals surface area contributed by atoms with Crippen LogP contribution < -0.4 is 4.74 Å². The maximum absolute atomic E-state index is 12.0. The van der Waals surface area contributed by atoms with Crippen molar-refractivity contribution in [3.05, 3.63) is 96.4 Å². The zero-order valence-electron chi connectivity index (χ0n) is 20.3. The van der Waals surface area contributed by atoms with Gasteiger partial charge in [0.1, 0.15) is 22.6 Å². The van der Waals surface area contributed by atoms with Crippen LogP contribution in [-0.2, 0) is 16.8 Å². The second kappa shape index (κ2) is 10.2. The summed E-state index contributed by atoms with van der Waals surface area (Å²) in [6.45, 7) is -0.493. The zero-order chi connectivity index (χ0) is 25.9. The third kappa shape index (κ3) is 5.01. The molecule has 4 aromatic rings. The molecule has 0 saturated heterocycles. The molecule has 0 amide bonds. The Kier molecular flexibility index (Phi) is 6.82. The molecule has 1 heterocycles. The molecule has 3 N–H and O–H groups in total. The highest BCUT2D eigenvalue weighted by Gasteiger charge is 2.52. The van der Waals surface area contributed by atoms with Crippen molar-refractivity contribution in [1.29, 1.82) is 0 Å². The molecule has 2 atom stereocenters. The van der Waals surface area contributed by atoms with Crippen molar-refractivity contribution in [1.82, 2.24) is 4.98 Å². The summed E-state index contributed by atoms with van der Waals surface area (Å²) in [5, 5.41) is 32.9. The Labute approximate surface area is 215 Å². The highest BCUT2D eigenvalue weighted by Crippen LogP contribution is 2.47. The topological polar surface area (TPSA) is 113 Å². The number of hydrogen-bond acceptors (Lipinski definition) is 6. The summed E-state index contributed by atoms with van der Waals surface area (Å²) in [6.07, 6.45) is 2.18. The van der Waals surface area contributed by atoms with Gasteiger partial charge in [-0.25, -0.2) is 9.78 Å². The Balaban J connectivity index is 1.52. The largest absolute Gasteiger partial charge is 0.482 e. The lowest BCUT2D eigenvalue weighted by molar-refractivity contribution is -0.183. The number of oxazole rings is 1. The number of aromatic nitrogens is 1. The van der Waals surface area contributed by atoms with Gasteiger partial charge < -0.3 is 24.5 Å². The monoisotopic (exact) mass is 499 g/mol. The SMILES string of the molecule is O=C(O)COc1cccc(C2(O)CCCCC2(O)Cc2nc(-c3ccccc3)c(-c3ccccc3)o2)c1. The van der Waals surface area contributed by atoms with E-state index in [4.69, 9.17) is 19.2 Å². The van der Waals surface area contributed by atoms with Gasteiger partial charge in [-0.05, 0) is 30.5 Å². The first-order valence-corrected chi connectivity index (χ1v) is 12.4. The minimum atomic E-state index is -1.60. The fraction of sp³-hybridized carbons (Fsp3) is 0.267. The van der Waals surface area contributed by atoms with Crippen molar-refractivity contribution in [2.75, 3.05) is 6.61 Å². The van der Waals surface area contributed by atoms with Gasteiger partial charge in [0.05, 0.1) is 6.42 Å². The van der Waals surface area contributed by atoms with Crippen molar-refractivity contribution in [3.8, 4) is 28.3 Å². The second-order valence-corrected chi connectivity index (χ2v) is 9.50. The van der Waals surface area contributed by atoms with Gasteiger partial charge in [-0.2, -0.15) is 0 Å². The van der Waals surface area contributed by atoms with Crippen LogP contribution in [-0.4, -0.2) is 38.5 Å². The maximum atomic E-state index is 12.0. The van der Waals surface area contributed by atoms with Gasteiger partial charge >= 0.3 is 5.97 Å². The van der Waals surface area contributed by atoms with Gasteiger partial charge in [0.15, 0.2) is 18.3 Å². The van der Waals surface area contributed by atoms with E-state index >= 15 is 0 Å². The molecule has 0 bridgehead atoms. The lowest BCUT2D eigenvalue weighted by Gasteiger charge is -2.47. The van der Waals surface area contributed by atoms with E-state index in [1.54, 1.807) is 24.3 Å². The van der Waals surface area contributed by atoms with E-state index in [2.05, 4.69) is 0 Å². The Morgan fingerprint density at radius 1 is 0.892 bits per heavy atom. The normalized spacial score (nSPS) is 21.5. The first-order chi connectivity index (χ1) is 17.9. The van der Waals surface area contributed by atoms with E-state index in [9.17, 15) is 15.0 Å². The molecule has 0 spiro atoms.